The van der Waals surface area contributed by atoms with Gasteiger partial charge in [0.2, 0.25) is 17.6 Å². The molecule has 14 nitrogen and oxygen atoms in total. The van der Waals surface area contributed by atoms with Crippen molar-refractivity contribution in [1.29, 1.82) is 0 Å². The van der Waals surface area contributed by atoms with E-state index in [0.717, 1.165) is 44.2 Å². The lowest BCUT2D eigenvalue weighted by molar-refractivity contribution is -0.147. The van der Waals surface area contributed by atoms with Crippen LogP contribution >= 0.6 is 0 Å². The van der Waals surface area contributed by atoms with Crippen molar-refractivity contribution in [3.8, 4) is 0 Å². The number of aromatic nitrogens is 3. The fourth-order valence-electron chi connectivity index (χ4n) is 7.14. The number of amides is 4. The highest BCUT2D eigenvalue weighted by Crippen LogP contribution is 2.34. The second kappa shape index (κ2) is 14.5. The summed E-state index contributed by atoms with van der Waals surface area (Å²) in [5.41, 5.74) is 2.99. The van der Waals surface area contributed by atoms with Crippen LogP contribution < -0.4 is 16.4 Å². The molecule has 260 valence electrons. The van der Waals surface area contributed by atoms with Crippen molar-refractivity contribution in [2.24, 2.45) is 11.7 Å². The molecule has 3 atom stereocenters. The van der Waals surface area contributed by atoms with Crippen LogP contribution in [0.15, 0.2) is 30.5 Å². The zero-order valence-electron chi connectivity index (χ0n) is 27.3. The first-order valence-electron chi connectivity index (χ1n) is 16.5. The van der Waals surface area contributed by atoms with Crippen molar-refractivity contribution in [1.82, 2.24) is 30.5 Å². The van der Waals surface area contributed by atoms with E-state index in [1.807, 2.05) is 0 Å². The van der Waals surface area contributed by atoms with Gasteiger partial charge in [0.05, 0.1) is 17.9 Å². The maximum atomic E-state index is 14.6. The molecule has 2 aliphatic heterocycles. The summed E-state index contributed by atoms with van der Waals surface area (Å²) in [6.45, 7) is 3.35. The molecule has 5 N–H and O–H groups in total. The Balaban J connectivity index is 1.48. The molecule has 4 amide bonds. The molecule has 1 saturated carbocycles. The lowest BCUT2D eigenvalue weighted by atomic mass is 9.84. The normalized spacial score (nSPS) is 22.1. The van der Waals surface area contributed by atoms with Gasteiger partial charge in [-0.25, -0.2) is 9.07 Å². The number of ketones is 1. The minimum absolute atomic E-state index is 0.0170. The van der Waals surface area contributed by atoms with Crippen LogP contribution in [0, 0.1) is 11.7 Å². The second-order valence-electron chi connectivity index (χ2n) is 13.7. The van der Waals surface area contributed by atoms with Crippen molar-refractivity contribution in [2.75, 3.05) is 19.8 Å². The van der Waals surface area contributed by atoms with E-state index in [2.05, 4.69) is 20.9 Å². The third kappa shape index (κ3) is 7.73. The third-order valence-electron chi connectivity index (χ3n) is 9.78. The molecular formula is C33H44FN7O7. The minimum Gasteiger partial charge on any atom is -0.384 e. The molecule has 1 aliphatic carbocycles. The van der Waals surface area contributed by atoms with E-state index in [1.54, 1.807) is 13.8 Å². The van der Waals surface area contributed by atoms with E-state index in [1.165, 1.54) is 27.9 Å². The molecule has 0 bridgehead atoms. The molecule has 15 heteroatoms. The number of nitrogens with zero attached hydrogens (tertiary/aromatic N) is 4. The highest BCUT2D eigenvalue weighted by Gasteiger charge is 2.49. The molecule has 0 spiro atoms. The first-order valence-corrected chi connectivity index (χ1v) is 16.5. The smallest absolute Gasteiger partial charge is 0.287 e. The van der Waals surface area contributed by atoms with Crippen LogP contribution in [-0.4, -0.2) is 91.8 Å². The van der Waals surface area contributed by atoms with E-state index < -0.39 is 64.5 Å². The minimum atomic E-state index is -1.60. The number of rotatable bonds is 11. The van der Waals surface area contributed by atoms with Crippen LogP contribution in [0.2, 0.25) is 0 Å². The van der Waals surface area contributed by atoms with E-state index >= 15 is 0 Å². The number of nitrogens with two attached hydrogens (primary N) is 1. The van der Waals surface area contributed by atoms with Gasteiger partial charge < -0.3 is 31.1 Å². The van der Waals surface area contributed by atoms with E-state index in [0.29, 0.717) is 12.1 Å². The summed E-state index contributed by atoms with van der Waals surface area (Å²) in [7, 11) is 0. The van der Waals surface area contributed by atoms with Crippen LogP contribution in [0.1, 0.15) is 93.7 Å². The standard InChI is InChI=1S/C33H44FN7O7/c1-32(2,47)26-18-36-39-41(26)23-17-25(30(45)38-33(27(42)28(35)43)12-14-48-15-13-33)40(19-23)31(46)24(16-20-6-4-3-5-7-20)37-29(44)21-8-10-22(34)11-9-21/h8-11,18,20,23-25,47H,3-7,12-17,19H2,1-2H3,(H2,35,43)(H,37,44)(H,38,45)/t23-,24+,25-/m0/s1. The summed E-state index contributed by atoms with van der Waals surface area (Å²) in [4.78, 5) is 68.6. The van der Waals surface area contributed by atoms with Gasteiger partial charge in [0.25, 0.3) is 11.8 Å². The van der Waals surface area contributed by atoms with Gasteiger partial charge in [0.1, 0.15) is 29.0 Å². The maximum absolute atomic E-state index is 14.6. The number of nitrogens with one attached hydrogen (secondary N) is 2. The number of halogens is 1. The fraction of sp³-hybridized carbons (Fsp3) is 0.606. The lowest BCUT2D eigenvalue weighted by Crippen LogP contribution is -2.64. The monoisotopic (exact) mass is 669 g/mol. The SMILES string of the molecule is CC(C)(O)c1cnnn1[C@H]1C[C@@H](C(=O)NC2(C(=O)C(N)=O)CCOCC2)N(C(=O)[C@@H](CC2CCCCC2)NC(=O)c2ccc(F)cc2)C1. The number of hydrogen-bond donors (Lipinski definition) is 4. The molecule has 2 aromatic rings. The Kier molecular flexibility index (Phi) is 10.6. The Hall–Kier alpha value is -4.24. The fourth-order valence-corrected chi connectivity index (χ4v) is 7.14. The predicted molar refractivity (Wildman–Crippen MR) is 168 cm³/mol. The molecule has 3 heterocycles. The van der Waals surface area contributed by atoms with E-state index in [-0.39, 0.29) is 50.5 Å². The van der Waals surface area contributed by atoms with Crippen molar-refractivity contribution in [3.63, 3.8) is 0 Å². The van der Waals surface area contributed by atoms with Crippen molar-refractivity contribution in [3.05, 3.63) is 47.5 Å². The summed E-state index contributed by atoms with van der Waals surface area (Å²) in [6.07, 6.45) is 6.70. The number of likely N-dealkylation sites (tertiary alicyclic amines) is 1. The Morgan fingerprint density at radius 3 is 2.40 bits per heavy atom. The van der Waals surface area contributed by atoms with Crippen LogP contribution in [-0.2, 0) is 29.5 Å². The molecule has 2 saturated heterocycles. The summed E-state index contributed by atoms with van der Waals surface area (Å²) in [6, 6.07) is 2.23. The first-order chi connectivity index (χ1) is 22.8. The lowest BCUT2D eigenvalue weighted by Gasteiger charge is -2.37. The number of carbonyl (C=O) groups is 5. The van der Waals surface area contributed by atoms with E-state index in [4.69, 9.17) is 10.5 Å². The number of hydrogen-bond acceptors (Lipinski definition) is 9. The highest BCUT2D eigenvalue weighted by atomic mass is 19.1. The molecule has 0 radical (unpaired) electrons. The zero-order chi connectivity index (χ0) is 34.6. The molecule has 3 aliphatic rings. The van der Waals surface area contributed by atoms with Crippen LogP contribution in [0.3, 0.4) is 0 Å². The summed E-state index contributed by atoms with van der Waals surface area (Å²) >= 11 is 0. The average Bonchev–Trinajstić information content (AvgIpc) is 3.73. The van der Waals surface area contributed by atoms with Crippen molar-refractivity contribution >= 4 is 29.4 Å². The quantitative estimate of drug-likeness (QED) is 0.255. The third-order valence-corrected chi connectivity index (χ3v) is 9.78. The molecule has 3 fully saturated rings. The Morgan fingerprint density at radius 1 is 1.10 bits per heavy atom. The van der Waals surface area contributed by atoms with Crippen LogP contribution in [0.25, 0.3) is 0 Å². The van der Waals surface area contributed by atoms with Gasteiger partial charge in [-0.1, -0.05) is 37.3 Å². The maximum Gasteiger partial charge on any atom is 0.287 e. The van der Waals surface area contributed by atoms with Gasteiger partial charge in [-0.3, -0.25) is 24.0 Å². The molecule has 1 aromatic carbocycles. The molecule has 0 unspecified atom stereocenters. The number of primary amides is 1. The van der Waals surface area contributed by atoms with Gasteiger partial charge in [-0.05, 0) is 50.5 Å². The van der Waals surface area contributed by atoms with Gasteiger partial charge in [0, 0.05) is 44.6 Å². The Bertz CT molecular complexity index is 1510. The number of Topliss-reactive ketones (excluding diaryl/α,β-unsaturated/α-hetero) is 1. The Morgan fingerprint density at radius 2 is 1.77 bits per heavy atom. The Labute approximate surface area is 277 Å². The topological polar surface area (TPSA) is 199 Å². The van der Waals surface area contributed by atoms with Gasteiger partial charge in [-0.2, -0.15) is 0 Å². The van der Waals surface area contributed by atoms with E-state index in [9.17, 15) is 33.5 Å². The summed E-state index contributed by atoms with van der Waals surface area (Å²) in [5, 5.41) is 24.6. The van der Waals surface area contributed by atoms with Gasteiger partial charge in [-0.15, -0.1) is 5.10 Å². The molecule has 1 aromatic heterocycles. The van der Waals surface area contributed by atoms with Crippen molar-refractivity contribution in [2.45, 2.75) is 101 Å². The average molecular weight is 670 g/mol. The molecular weight excluding hydrogens is 625 g/mol. The largest absolute Gasteiger partial charge is 0.384 e. The zero-order valence-corrected chi connectivity index (χ0v) is 27.3. The van der Waals surface area contributed by atoms with Gasteiger partial charge >= 0.3 is 0 Å². The number of aliphatic hydroxyl groups is 1. The number of carbonyl (C=O) groups excluding carboxylic acids is 5. The molecule has 48 heavy (non-hydrogen) atoms. The first kappa shape index (κ1) is 35.1. The number of ether oxygens (including phenoxy) is 1. The number of benzene rings is 1. The highest BCUT2D eigenvalue weighted by molar-refractivity contribution is 6.39. The summed E-state index contributed by atoms with van der Waals surface area (Å²) in [5.74, 6) is -4.23. The van der Waals surface area contributed by atoms with Crippen LogP contribution in [0.4, 0.5) is 4.39 Å². The predicted octanol–water partition coefficient (Wildman–Crippen LogP) is 1.28. The van der Waals surface area contributed by atoms with Gasteiger partial charge in [0.15, 0.2) is 0 Å². The summed E-state index contributed by atoms with van der Waals surface area (Å²) < 4.78 is 20.5. The second-order valence-corrected chi connectivity index (χ2v) is 13.7. The molecule has 5 rings (SSSR count). The van der Waals surface area contributed by atoms with Crippen molar-refractivity contribution < 1.29 is 38.2 Å². The van der Waals surface area contributed by atoms with Crippen LogP contribution in [0.5, 0.6) is 0 Å².